The summed E-state index contributed by atoms with van der Waals surface area (Å²) in [6.07, 6.45) is 5.81. The Hall–Kier alpha value is -2.95. The van der Waals surface area contributed by atoms with Gasteiger partial charge in [0.1, 0.15) is 0 Å². The van der Waals surface area contributed by atoms with Gasteiger partial charge in [-0.2, -0.15) is 5.10 Å². The number of benzene rings is 1. The number of rotatable bonds is 4. The molecular formula is C21H23N5. The van der Waals surface area contributed by atoms with Crippen molar-refractivity contribution < 1.29 is 0 Å². The highest BCUT2D eigenvalue weighted by atomic mass is 15.3. The summed E-state index contributed by atoms with van der Waals surface area (Å²) in [6, 6.07) is 17.1. The van der Waals surface area contributed by atoms with Gasteiger partial charge < -0.3 is 10.2 Å². The molecule has 3 heterocycles. The molecule has 0 bridgehead atoms. The van der Waals surface area contributed by atoms with E-state index in [1.54, 1.807) is 0 Å². The molecule has 1 aliphatic rings. The predicted molar refractivity (Wildman–Crippen MR) is 105 cm³/mol. The zero-order valence-corrected chi connectivity index (χ0v) is 15.0. The smallest absolute Gasteiger partial charge is 0.151 e. The third kappa shape index (κ3) is 3.67. The maximum Gasteiger partial charge on any atom is 0.151 e. The van der Waals surface area contributed by atoms with Gasteiger partial charge >= 0.3 is 0 Å². The van der Waals surface area contributed by atoms with Crippen LogP contribution in [0.1, 0.15) is 18.5 Å². The lowest BCUT2D eigenvalue weighted by Gasteiger charge is -2.33. The van der Waals surface area contributed by atoms with Crippen LogP contribution in [0.25, 0.3) is 11.1 Å². The van der Waals surface area contributed by atoms with Crippen LogP contribution in [-0.2, 0) is 0 Å². The van der Waals surface area contributed by atoms with Crippen molar-refractivity contribution in [3.8, 4) is 11.1 Å². The fraction of sp³-hybridized carbons (Fsp3) is 0.286. The molecule has 1 saturated heterocycles. The Kier molecular flexibility index (Phi) is 4.78. The SMILES string of the molecule is Cc1nnc(N2CCC(Nc3ccncc3)CC2)cc1-c1ccccc1. The molecule has 0 amide bonds. The molecular weight excluding hydrogens is 322 g/mol. The Labute approximate surface area is 154 Å². The molecule has 3 aromatic rings. The highest BCUT2D eigenvalue weighted by molar-refractivity contribution is 5.68. The lowest BCUT2D eigenvalue weighted by Crippen LogP contribution is -2.39. The van der Waals surface area contributed by atoms with E-state index in [1.807, 2.05) is 37.5 Å². The highest BCUT2D eigenvalue weighted by Crippen LogP contribution is 2.27. The van der Waals surface area contributed by atoms with E-state index < -0.39 is 0 Å². The van der Waals surface area contributed by atoms with Crippen molar-refractivity contribution in [2.45, 2.75) is 25.8 Å². The fourth-order valence-electron chi connectivity index (χ4n) is 3.44. The normalized spacial score (nSPS) is 15.0. The van der Waals surface area contributed by atoms with Gasteiger partial charge in [0.25, 0.3) is 0 Å². The molecule has 5 nitrogen and oxygen atoms in total. The maximum atomic E-state index is 4.44. The number of hydrogen-bond acceptors (Lipinski definition) is 5. The van der Waals surface area contributed by atoms with E-state index in [-0.39, 0.29) is 0 Å². The Morgan fingerprint density at radius 3 is 2.42 bits per heavy atom. The van der Waals surface area contributed by atoms with Gasteiger partial charge in [-0.05, 0) is 43.5 Å². The van der Waals surface area contributed by atoms with E-state index in [9.17, 15) is 0 Å². The van der Waals surface area contributed by atoms with Gasteiger partial charge in [-0.15, -0.1) is 5.10 Å². The maximum absolute atomic E-state index is 4.44. The van der Waals surface area contributed by atoms with Crippen molar-refractivity contribution in [1.29, 1.82) is 0 Å². The standard InChI is InChI=1S/C21H23N5/c1-16-20(17-5-3-2-4-6-17)15-21(25-24-16)26-13-9-19(10-14-26)23-18-7-11-22-12-8-18/h2-8,11-12,15,19H,9-10,13-14H2,1H3,(H,22,23). The Morgan fingerprint density at radius 1 is 0.962 bits per heavy atom. The Morgan fingerprint density at radius 2 is 1.69 bits per heavy atom. The first-order valence-electron chi connectivity index (χ1n) is 9.11. The first-order valence-corrected chi connectivity index (χ1v) is 9.11. The van der Waals surface area contributed by atoms with Crippen LogP contribution >= 0.6 is 0 Å². The summed E-state index contributed by atoms with van der Waals surface area (Å²) in [6.45, 7) is 3.98. The lowest BCUT2D eigenvalue weighted by molar-refractivity contribution is 0.522. The van der Waals surface area contributed by atoms with E-state index in [2.05, 4.69) is 55.7 Å². The van der Waals surface area contributed by atoms with Crippen molar-refractivity contribution in [2.24, 2.45) is 0 Å². The Bertz CT molecular complexity index is 843. The van der Waals surface area contributed by atoms with Gasteiger partial charge in [-0.3, -0.25) is 4.98 Å². The second-order valence-corrected chi connectivity index (χ2v) is 6.71. The van der Waals surface area contributed by atoms with Crippen LogP contribution in [-0.4, -0.2) is 34.3 Å². The average molecular weight is 345 g/mol. The number of aryl methyl sites for hydroxylation is 1. The number of piperidine rings is 1. The molecule has 26 heavy (non-hydrogen) atoms. The second-order valence-electron chi connectivity index (χ2n) is 6.71. The second kappa shape index (κ2) is 7.52. The summed E-state index contributed by atoms with van der Waals surface area (Å²) in [5.41, 5.74) is 4.46. The molecule has 2 aromatic heterocycles. The van der Waals surface area contributed by atoms with E-state index in [1.165, 1.54) is 5.56 Å². The zero-order valence-electron chi connectivity index (χ0n) is 15.0. The van der Waals surface area contributed by atoms with Crippen LogP contribution in [0, 0.1) is 6.92 Å². The summed E-state index contributed by atoms with van der Waals surface area (Å²) in [5, 5.41) is 12.4. The summed E-state index contributed by atoms with van der Waals surface area (Å²) < 4.78 is 0. The van der Waals surface area contributed by atoms with Crippen molar-refractivity contribution in [2.75, 3.05) is 23.3 Å². The molecule has 1 fully saturated rings. The lowest BCUT2D eigenvalue weighted by atomic mass is 10.0. The number of hydrogen-bond donors (Lipinski definition) is 1. The molecule has 5 heteroatoms. The number of pyridine rings is 1. The topological polar surface area (TPSA) is 53.9 Å². The highest BCUT2D eigenvalue weighted by Gasteiger charge is 2.21. The minimum Gasteiger partial charge on any atom is -0.382 e. The molecule has 0 saturated carbocycles. The molecule has 132 valence electrons. The van der Waals surface area contributed by atoms with E-state index in [4.69, 9.17) is 0 Å². The van der Waals surface area contributed by atoms with Crippen LogP contribution in [0.3, 0.4) is 0 Å². The third-order valence-electron chi connectivity index (χ3n) is 4.92. The van der Waals surface area contributed by atoms with Gasteiger partial charge in [0.2, 0.25) is 0 Å². The average Bonchev–Trinajstić information content (AvgIpc) is 2.70. The molecule has 4 rings (SSSR count). The quantitative estimate of drug-likeness (QED) is 0.776. The molecule has 0 spiro atoms. The van der Waals surface area contributed by atoms with E-state index in [0.717, 1.165) is 48.7 Å². The monoisotopic (exact) mass is 345 g/mol. The first-order chi connectivity index (χ1) is 12.8. The summed E-state index contributed by atoms with van der Waals surface area (Å²) in [5.74, 6) is 0.969. The summed E-state index contributed by atoms with van der Waals surface area (Å²) in [7, 11) is 0. The summed E-state index contributed by atoms with van der Waals surface area (Å²) >= 11 is 0. The number of anilines is 2. The molecule has 1 N–H and O–H groups in total. The van der Waals surface area contributed by atoms with Crippen molar-refractivity contribution in [3.05, 3.63) is 66.6 Å². The predicted octanol–water partition coefficient (Wildman–Crippen LogP) is 3.93. The van der Waals surface area contributed by atoms with Crippen molar-refractivity contribution in [3.63, 3.8) is 0 Å². The van der Waals surface area contributed by atoms with Crippen LogP contribution in [0.4, 0.5) is 11.5 Å². The molecule has 1 aromatic carbocycles. The van der Waals surface area contributed by atoms with Crippen LogP contribution in [0.5, 0.6) is 0 Å². The van der Waals surface area contributed by atoms with Gasteiger partial charge in [0.05, 0.1) is 5.69 Å². The largest absolute Gasteiger partial charge is 0.382 e. The van der Waals surface area contributed by atoms with Crippen LogP contribution in [0.15, 0.2) is 60.9 Å². The van der Waals surface area contributed by atoms with Gasteiger partial charge in [0.15, 0.2) is 5.82 Å². The first kappa shape index (κ1) is 16.5. The third-order valence-corrected chi connectivity index (χ3v) is 4.92. The van der Waals surface area contributed by atoms with Crippen LogP contribution in [0.2, 0.25) is 0 Å². The van der Waals surface area contributed by atoms with Crippen molar-refractivity contribution in [1.82, 2.24) is 15.2 Å². The van der Waals surface area contributed by atoms with Crippen LogP contribution < -0.4 is 10.2 Å². The fourth-order valence-corrected chi connectivity index (χ4v) is 3.44. The van der Waals surface area contributed by atoms with E-state index in [0.29, 0.717) is 6.04 Å². The summed E-state index contributed by atoms with van der Waals surface area (Å²) in [4.78, 5) is 6.40. The van der Waals surface area contributed by atoms with Gasteiger partial charge in [-0.25, -0.2) is 0 Å². The number of aromatic nitrogens is 3. The molecule has 0 unspecified atom stereocenters. The van der Waals surface area contributed by atoms with Gasteiger partial charge in [-0.1, -0.05) is 30.3 Å². The van der Waals surface area contributed by atoms with Crippen molar-refractivity contribution >= 4 is 11.5 Å². The minimum atomic E-state index is 0.487. The minimum absolute atomic E-state index is 0.487. The number of nitrogens with zero attached hydrogens (tertiary/aromatic N) is 4. The number of nitrogens with one attached hydrogen (secondary N) is 1. The molecule has 0 aliphatic carbocycles. The zero-order chi connectivity index (χ0) is 17.8. The Balaban J connectivity index is 1.45. The molecule has 0 radical (unpaired) electrons. The molecule has 0 atom stereocenters. The van der Waals surface area contributed by atoms with E-state index >= 15 is 0 Å². The van der Waals surface area contributed by atoms with Gasteiger partial charge in [0, 0.05) is 42.8 Å². The molecule has 1 aliphatic heterocycles.